The summed E-state index contributed by atoms with van der Waals surface area (Å²) in [5.41, 5.74) is 0. The minimum absolute atomic E-state index is 0.0610. The van der Waals surface area contributed by atoms with Gasteiger partial charge in [0.05, 0.1) is 0 Å². The predicted octanol–water partition coefficient (Wildman–Crippen LogP) is 0.698. The number of aliphatic carboxylic acids is 1. The van der Waals surface area contributed by atoms with Crippen molar-refractivity contribution in [3.63, 3.8) is 0 Å². The fourth-order valence-electron chi connectivity index (χ4n) is 0.731. The van der Waals surface area contributed by atoms with E-state index in [4.69, 9.17) is 10.4 Å². The number of nitriles is 1. The van der Waals surface area contributed by atoms with Crippen molar-refractivity contribution in [2.75, 3.05) is 6.61 Å². The monoisotopic (exact) mass is 185 g/mol. The third kappa shape index (κ3) is 8.34. The molecule has 1 N–H and O–H groups in total. The molecule has 13 heavy (non-hydrogen) atoms. The van der Waals surface area contributed by atoms with Gasteiger partial charge in [-0.2, -0.15) is 5.26 Å². The molecule has 0 aliphatic carbocycles. The van der Waals surface area contributed by atoms with Gasteiger partial charge in [-0.25, -0.2) is 0 Å². The zero-order chi connectivity index (χ0) is 10.1. The highest BCUT2D eigenvalue weighted by Crippen LogP contribution is 2.00. The van der Waals surface area contributed by atoms with Gasteiger partial charge in [0.25, 0.3) is 0 Å². The van der Waals surface area contributed by atoms with Crippen LogP contribution in [-0.4, -0.2) is 23.7 Å². The summed E-state index contributed by atoms with van der Waals surface area (Å²) in [7, 11) is 0. The van der Waals surface area contributed by atoms with Crippen molar-refractivity contribution in [3.05, 3.63) is 0 Å². The summed E-state index contributed by atoms with van der Waals surface area (Å²) in [5.74, 6) is -1.32. The number of carboxylic acids is 1. The number of carboxylic acid groups (broad SMARTS) is 1. The van der Waals surface area contributed by atoms with Crippen LogP contribution in [0.5, 0.6) is 0 Å². The summed E-state index contributed by atoms with van der Waals surface area (Å²) in [6.45, 7) is -0.238. The van der Waals surface area contributed by atoms with Crippen LogP contribution in [0.15, 0.2) is 0 Å². The molecule has 72 valence electrons. The number of hydrogen-bond donors (Lipinski definition) is 1. The Labute approximate surface area is 75.9 Å². The Morgan fingerprint density at radius 2 is 1.92 bits per heavy atom. The van der Waals surface area contributed by atoms with Gasteiger partial charge in [0.15, 0.2) is 6.61 Å². The van der Waals surface area contributed by atoms with E-state index in [9.17, 15) is 9.59 Å². The summed E-state index contributed by atoms with van der Waals surface area (Å²) >= 11 is 0. The molecular weight excluding hydrogens is 174 g/mol. The van der Waals surface area contributed by atoms with E-state index in [1.54, 1.807) is 6.07 Å². The minimum atomic E-state index is -0.870. The third-order valence-electron chi connectivity index (χ3n) is 1.32. The molecule has 0 saturated carbocycles. The molecule has 5 nitrogen and oxygen atoms in total. The van der Waals surface area contributed by atoms with Gasteiger partial charge in [-0.15, -0.1) is 0 Å². The molecule has 0 aliphatic rings. The molecule has 0 radical (unpaired) electrons. The van der Waals surface area contributed by atoms with Crippen molar-refractivity contribution >= 4 is 11.9 Å². The molecule has 0 fully saturated rings. The number of esters is 1. The van der Waals surface area contributed by atoms with Gasteiger partial charge in [-0.3, -0.25) is 9.59 Å². The number of carbonyl (C=O) groups excluding carboxylic acids is 1. The molecule has 0 rings (SSSR count). The van der Waals surface area contributed by atoms with Gasteiger partial charge in [0.1, 0.15) is 6.07 Å². The van der Waals surface area contributed by atoms with Crippen LogP contribution in [0.1, 0.15) is 25.7 Å². The average Bonchev–Trinajstić information content (AvgIpc) is 2.08. The van der Waals surface area contributed by atoms with Gasteiger partial charge >= 0.3 is 11.9 Å². The molecule has 0 saturated heterocycles. The van der Waals surface area contributed by atoms with Crippen LogP contribution in [0.4, 0.5) is 0 Å². The van der Waals surface area contributed by atoms with Crippen LogP contribution in [0.25, 0.3) is 0 Å². The van der Waals surface area contributed by atoms with E-state index in [2.05, 4.69) is 4.74 Å². The highest BCUT2D eigenvalue weighted by atomic mass is 16.5. The molecule has 0 aromatic heterocycles. The van der Waals surface area contributed by atoms with E-state index in [1.165, 1.54) is 0 Å². The Hall–Kier alpha value is -1.57. The maximum atomic E-state index is 10.7. The first-order valence-corrected chi connectivity index (χ1v) is 3.91. The number of unbranched alkanes of at least 4 members (excludes halogenated alkanes) is 1. The van der Waals surface area contributed by atoms with Crippen molar-refractivity contribution in [1.29, 1.82) is 5.26 Å². The topological polar surface area (TPSA) is 87.4 Å². The largest absolute Gasteiger partial charge is 0.481 e. The molecule has 0 aromatic rings. The first-order valence-electron chi connectivity index (χ1n) is 3.91. The molecule has 0 aromatic carbocycles. The fraction of sp³-hybridized carbons (Fsp3) is 0.625. The second-order valence-corrected chi connectivity index (χ2v) is 2.42. The molecule has 0 aliphatic heterocycles. The molecule has 0 unspecified atom stereocenters. The normalized spacial score (nSPS) is 8.85. The van der Waals surface area contributed by atoms with Crippen LogP contribution < -0.4 is 0 Å². The van der Waals surface area contributed by atoms with Gasteiger partial charge < -0.3 is 9.84 Å². The van der Waals surface area contributed by atoms with Crippen molar-refractivity contribution < 1.29 is 19.4 Å². The lowest BCUT2D eigenvalue weighted by Gasteiger charge is -1.98. The zero-order valence-corrected chi connectivity index (χ0v) is 7.15. The number of hydrogen-bond acceptors (Lipinski definition) is 4. The van der Waals surface area contributed by atoms with Crippen molar-refractivity contribution in [1.82, 2.24) is 0 Å². The molecule has 0 atom stereocenters. The number of ether oxygens (including phenoxy) is 1. The molecule has 0 spiro atoms. The second kappa shape index (κ2) is 7.10. The van der Waals surface area contributed by atoms with Crippen molar-refractivity contribution in [3.8, 4) is 6.07 Å². The number of carbonyl (C=O) groups is 2. The van der Waals surface area contributed by atoms with Gasteiger partial charge in [0.2, 0.25) is 0 Å². The summed E-state index contributed by atoms with van der Waals surface area (Å²) in [5, 5.41) is 16.3. The third-order valence-corrected chi connectivity index (χ3v) is 1.32. The lowest BCUT2D eigenvalue weighted by molar-refractivity contribution is -0.143. The summed E-state index contributed by atoms with van der Waals surface area (Å²) in [4.78, 5) is 20.8. The lowest BCUT2D eigenvalue weighted by atomic mass is 10.2. The quantitative estimate of drug-likeness (QED) is 0.486. The molecule has 0 heterocycles. The van der Waals surface area contributed by atoms with Gasteiger partial charge in [0, 0.05) is 12.8 Å². The van der Waals surface area contributed by atoms with Crippen molar-refractivity contribution in [2.45, 2.75) is 25.7 Å². The Morgan fingerprint density at radius 1 is 1.31 bits per heavy atom. The standard InChI is InChI=1S/C8H11NO4/c9-5-6-13-8(12)4-2-1-3-7(10)11/h1-4,6H2,(H,10,11). The molecule has 5 heteroatoms. The summed E-state index contributed by atoms with van der Waals surface area (Å²) < 4.78 is 4.45. The van der Waals surface area contributed by atoms with E-state index >= 15 is 0 Å². The van der Waals surface area contributed by atoms with Gasteiger partial charge in [-0.1, -0.05) is 0 Å². The van der Waals surface area contributed by atoms with Crippen LogP contribution in [-0.2, 0) is 14.3 Å². The second-order valence-electron chi connectivity index (χ2n) is 2.42. The van der Waals surface area contributed by atoms with E-state index < -0.39 is 11.9 Å². The predicted molar refractivity (Wildman–Crippen MR) is 42.7 cm³/mol. The lowest BCUT2D eigenvalue weighted by Crippen LogP contribution is -2.04. The van der Waals surface area contributed by atoms with E-state index in [1.807, 2.05) is 0 Å². The average molecular weight is 185 g/mol. The van der Waals surface area contributed by atoms with E-state index in [0.717, 1.165) is 0 Å². The van der Waals surface area contributed by atoms with E-state index in [0.29, 0.717) is 12.8 Å². The smallest absolute Gasteiger partial charge is 0.306 e. The number of nitrogens with zero attached hydrogens (tertiary/aromatic N) is 1. The van der Waals surface area contributed by atoms with Crippen molar-refractivity contribution in [2.24, 2.45) is 0 Å². The van der Waals surface area contributed by atoms with Gasteiger partial charge in [-0.05, 0) is 12.8 Å². The molecule has 0 amide bonds. The highest BCUT2D eigenvalue weighted by molar-refractivity contribution is 5.69. The van der Waals surface area contributed by atoms with E-state index in [-0.39, 0.29) is 19.4 Å². The maximum absolute atomic E-state index is 10.7. The number of rotatable bonds is 6. The first kappa shape index (κ1) is 11.4. The fourth-order valence-corrected chi connectivity index (χ4v) is 0.731. The van der Waals surface area contributed by atoms with Crippen LogP contribution in [0.3, 0.4) is 0 Å². The first-order chi connectivity index (χ1) is 6.16. The Morgan fingerprint density at radius 3 is 2.46 bits per heavy atom. The zero-order valence-electron chi connectivity index (χ0n) is 7.15. The summed E-state index contributed by atoms with van der Waals surface area (Å²) in [6, 6.07) is 1.67. The highest BCUT2D eigenvalue weighted by Gasteiger charge is 2.03. The Balaban J connectivity index is 3.28. The molecular formula is C8H11NO4. The van der Waals surface area contributed by atoms with Crippen LogP contribution in [0.2, 0.25) is 0 Å². The van der Waals surface area contributed by atoms with Crippen LogP contribution in [0, 0.1) is 11.3 Å². The van der Waals surface area contributed by atoms with Crippen LogP contribution >= 0.6 is 0 Å². The minimum Gasteiger partial charge on any atom is -0.481 e. The summed E-state index contributed by atoms with van der Waals surface area (Å²) in [6.07, 6.45) is 1.17. The maximum Gasteiger partial charge on any atom is 0.306 e. The molecule has 0 bridgehead atoms. The SMILES string of the molecule is N#CCOC(=O)CCCCC(=O)O. The Bertz CT molecular complexity index is 219. The Kier molecular flexibility index (Phi) is 6.24.